The molecule has 0 unspecified atom stereocenters. The molecule has 106 valence electrons. The zero-order valence-electron chi connectivity index (χ0n) is 11.6. The Balaban J connectivity index is 2.46. The maximum Gasteiger partial charge on any atom is 0.307 e. The Morgan fingerprint density at radius 2 is 2.16 bits per heavy atom. The predicted molar refractivity (Wildman–Crippen MR) is 78.3 cm³/mol. The van der Waals surface area contributed by atoms with Crippen molar-refractivity contribution in [2.75, 3.05) is 27.3 Å². The van der Waals surface area contributed by atoms with Gasteiger partial charge in [0.25, 0.3) is 0 Å². The average molecular weight is 330 g/mol. The van der Waals surface area contributed by atoms with Gasteiger partial charge in [0, 0.05) is 13.1 Å². The van der Waals surface area contributed by atoms with E-state index in [0.717, 1.165) is 16.8 Å². The largest absolute Gasteiger partial charge is 0.496 e. The average Bonchev–Trinajstić information content (AvgIpc) is 2.37. The van der Waals surface area contributed by atoms with Gasteiger partial charge in [0.2, 0.25) is 0 Å². The first kappa shape index (κ1) is 16.0. The fourth-order valence-electron chi connectivity index (χ4n) is 1.71. The quantitative estimate of drug-likeness (QED) is 0.721. The summed E-state index contributed by atoms with van der Waals surface area (Å²) in [6.45, 7) is 3.72. The van der Waals surface area contributed by atoms with Crippen molar-refractivity contribution < 1.29 is 14.3 Å². The summed E-state index contributed by atoms with van der Waals surface area (Å²) in [5.41, 5.74) is 1.17. The maximum absolute atomic E-state index is 11.3. The molecule has 4 nitrogen and oxygen atoms in total. The second-order valence-corrected chi connectivity index (χ2v) is 5.12. The van der Waals surface area contributed by atoms with Crippen molar-refractivity contribution in [2.24, 2.45) is 0 Å². The van der Waals surface area contributed by atoms with E-state index in [1.165, 1.54) is 5.56 Å². The van der Waals surface area contributed by atoms with Gasteiger partial charge in [0.15, 0.2) is 0 Å². The minimum Gasteiger partial charge on any atom is -0.496 e. The number of nitrogens with zero attached hydrogens (tertiary/aromatic N) is 1. The first-order chi connectivity index (χ1) is 9.06. The molecule has 0 atom stereocenters. The van der Waals surface area contributed by atoms with Crippen LogP contribution < -0.4 is 4.74 Å². The summed E-state index contributed by atoms with van der Waals surface area (Å²) < 4.78 is 11.0. The van der Waals surface area contributed by atoms with Crippen molar-refractivity contribution in [1.82, 2.24) is 4.90 Å². The minimum atomic E-state index is -0.148. The van der Waals surface area contributed by atoms with Gasteiger partial charge in [-0.1, -0.05) is 6.07 Å². The second kappa shape index (κ2) is 8.17. The van der Waals surface area contributed by atoms with Crippen LogP contribution in [0.1, 0.15) is 18.9 Å². The summed E-state index contributed by atoms with van der Waals surface area (Å²) in [4.78, 5) is 13.4. The molecule has 1 aromatic carbocycles. The van der Waals surface area contributed by atoms with Crippen LogP contribution in [0.2, 0.25) is 0 Å². The molecule has 0 aliphatic carbocycles. The van der Waals surface area contributed by atoms with Gasteiger partial charge in [-0.15, -0.1) is 0 Å². The van der Waals surface area contributed by atoms with Gasteiger partial charge in [-0.05, 0) is 47.6 Å². The van der Waals surface area contributed by atoms with Crippen LogP contribution in [0.5, 0.6) is 5.75 Å². The molecule has 0 aromatic heterocycles. The van der Waals surface area contributed by atoms with Gasteiger partial charge < -0.3 is 14.4 Å². The molecule has 19 heavy (non-hydrogen) atoms. The summed E-state index contributed by atoms with van der Waals surface area (Å²) in [6.07, 6.45) is 0.418. The Kier molecular flexibility index (Phi) is 6.87. The van der Waals surface area contributed by atoms with E-state index in [2.05, 4.69) is 20.8 Å². The molecule has 0 amide bonds. The van der Waals surface area contributed by atoms with Crippen LogP contribution in [0.4, 0.5) is 0 Å². The molecule has 0 aliphatic heterocycles. The Hall–Kier alpha value is -1.07. The van der Waals surface area contributed by atoms with E-state index in [1.54, 1.807) is 7.11 Å². The Bertz CT molecular complexity index is 423. The van der Waals surface area contributed by atoms with Crippen LogP contribution in [0.25, 0.3) is 0 Å². The molecule has 0 saturated carbocycles. The lowest BCUT2D eigenvalue weighted by molar-refractivity contribution is -0.143. The van der Waals surface area contributed by atoms with Crippen LogP contribution >= 0.6 is 15.9 Å². The Labute approximate surface area is 122 Å². The fraction of sp³-hybridized carbons (Fsp3) is 0.500. The lowest BCUT2D eigenvalue weighted by Crippen LogP contribution is -2.22. The number of esters is 1. The highest BCUT2D eigenvalue weighted by Crippen LogP contribution is 2.25. The zero-order chi connectivity index (χ0) is 14.3. The van der Waals surface area contributed by atoms with Gasteiger partial charge in [-0.25, -0.2) is 0 Å². The number of methoxy groups -OCH3 is 1. The molecule has 0 fully saturated rings. The summed E-state index contributed by atoms with van der Waals surface area (Å²) in [5.74, 6) is 0.670. The van der Waals surface area contributed by atoms with Crippen LogP contribution in [-0.2, 0) is 16.1 Å². The smallest absolute Gasteiger partial charge is 0.307 e. The molecule has 1 aromatic rings. The fourth-order valence-corrected chi connectivity index (χ4v) is 2.30. The first-order valence-corrected chi connectivity index (χ1v) is 7.02. The van der Waals surface area contributed by atoms with Crippen molar-refractivity contribution in [3.8, 4) is 5.75 Å². The van der Waals surface area contributed by atoms with Crippen LogP contribution in [0, 0.1) is 0 Å². The first-order valence-electron chi connectivity index (χ1n) is 6.23. The van der Waals surface area contributed by atoms with E-state index < -0.39 is 0 Å². The molecular formula is C14H20BrNO3. The highest BCUT2D eigenvalue weighted by atomic mass is 79.9. The SMILES string of the molecule is CCOC(=O)CCN(C)Cc1ccc(OC)c(Br)c1. The zero-order valence-corrected chi connectivity index (χ0v) is 13.2. The van der Waals surface area contributed by atoms with E-state index in [9.17, 15) is 4.79 Å². The number of carbonyl (C=O) groups is 1. The lowest BCUT2D eigenvalue weighted by Gasteiger charge is -2.16. The number of benzene rings is 1. The van der Waals surface area contributed by atoms with Gasteiger partial charge in [-0.2, -0.15) is 0 Å². The summed E-state index contributed by atoms with van der Waals surface area (Å²) in [7, 11) is 3.63. The summed E-state index contributed by atoms with van der Waals surface area (Å²) in [6, 6.07) is 5.97. The third kappa shape index (κ3) is 5.61. The van der Waals surface area contributed by atoms with E-state index in [0.29, 0.717) is 19.6 Å². The van der Waals surface area contributed by atoms with Crippen molar-refractivity contribution in [2.45, 2.75) is 19.9 Å². The standard InChI is InChI=1S/C14H20BrNO3/c1-4-19-14(17)7-8-16(2)10-11-5-6-13(18-3)12(15)9-11/h5-6,9H,4,7-8,10H2,1-3H3. The number of halogens is 1. The molecule has 0 radical (unpaired) electrons. The Morgan fingerprint density at radius 3 is 2.74 bits per heavy atom. The normalized spacial score (nSPS) is 10.6. The van der Waals surface area contributed by atoms with E-state index >= 15 is 0 Å². The molecule has 5 heteroatoms. The third-order valence-electron chi connectivity index (χ3n) is 2.67. The molecule has 0 saturated heterocycles. The van der Waals surface area contributed by atoms with Gasteiger partial charge in [0.1, 0.15) is 5.75 Å². The highest BCUT2D eigenvalue weighted by Gasteiger charge is 2.07. The summed E-state index contributed by atoms with van der Waals surface area (Å²) >= 11 is 3.46. The highest BCUT2D eigenvalue weighted by molar-refractivity contribution is 9.10. The Morgan fingerprint density at radius 1 is 1.42 bits per heavy atom. The predicted octanol–water partition coefficient (Wildman–Crippen LogP) is 2.84. The number of hydrogen-bond acceptors (Lipinski definition) is 4. The van der Waals surface area contributed by atoms with Crippen LogP contribution in [0.3, 0.4) is 0 Å². The second-order valence-electron chi connectivity index (χ2n) is 4.26. The van der Waals surface area contributed by atoms with Crippen LogP contribution in [0.15, 0.2) is 22.7 Å². The number of carbonyl (C=O) groups excluding carboxylic acids is 1. The number of hydrogen-bond donors (Lipinski definition) is 0. The molecule has 0 N–H and O–H groups in total. The minimum absolute atomic E-state index is 0.148. The third-order valence-corrected chi connectivity index (χ3v) is 3.29. The lowest BCUT2D eigenvalue weighted by atomic mass is 10.2. The molecular weight excluding hydrogens is 310 g/mol. The molecule has 0 spiro atoms. The van der Waals surface area contributed by atoms with Gasteiger partial charge >= 0.3 is 5.97 Å². The molecule has 0 aliphatic rings. The molecule has 1 rings (SSSR count). The molecule has 0 bridgehead atoms. The number of rotatable bonds is 7. The van der Waals surface area contributed by atoms with Crippen LogP contribution in [-0.4, -0.2) is 38.2 Å². The van der Waals surface area contributed by atoms with Crippen molar-refractivity contribution in [1.29, 1.82) is 0 Å². The van der Waals surface area contributed by atoms with E-state index in [4.69, 9.17) is 9.47 Å². The van der Waals surface area contributed by atoms with E-state index in [-0.39, 0.29) is 5.97 Å². The molecule has 0 heterocycles. The maximum atomic E-state index is 11.3. The summed E-state index contributed by atoms with van der Waals surface area (Å²) in [5, 5.41) is 0. The number of ether oxygens (including phenoxy) is 2. The monoisotopic (exact) mass is 329 g/mol. The van der Waals surface area contributed by atoms with Crippen molar-refractivity contribution in [3.05, 3.63) is 28.2 Å². The van der Waals surface area contributed by atoms with Gasteiger partial charge in [0.05, 0.1) is 24.6 Å². The van der Waals surface area contributed by atoms with Crippen molar-refractivity contribution in [3.63, 3.8) is 0 Å². The van der Waals surface area contributed by atoms with E-state index in [1.807, 2.05) is 32.2 Å². The van der Waals surface area contributed by atoms with Gasteiger partial charge in [-0.3, -0.25) is 4.79 Å². The van der Waals surface area contributed by atoms with Crippen molar-refractivity contribution >= 4 is 21.9 Å². The topological polar surface area (TPSA) is 38.8 Å².